The Morgan fingerprint density at radius 3 is 2.92 bits per heavy atom. The summed E-state index contributed by atoms with van der Waals surface area (Å²) >= 11 is 0. The third-order valence-corrected chi connectivity index (χ3v) is 5.26. The molecule has 1 amide bonds. The van der Waals surface area contributed by atoms with Crippen LogP contribution in [-0.2, 0) is 20.9 Å². The van der Waals surface area contributed by atoms with Crippen molar-refractivity contribution < 1.29 is 14.4 Å². The van der Waals surface area contributed by atoms with Gasteiger partial charge in [0.15, 0.2) is 0 Å². The standard InChI is InChI=1S/C17H26N4O3/c22-17(20-7-1-2-8-24-20)16-13-19(11-14-4-9-23-10-5-14)12-15-3-6-18-21(15)16/h3,6,14,16H,1-2,4-5,7-13H2/t16-/m1/s1. The maximum absolute atomic E-state index is 12.9. The quantitative estimate of drug-likeness (QED) is 0.832. The minimum atomic E-state index is -0.276. The molecule has 1 aromatic heterocycles. The van der Waals surface area contributed by atoms with Crippen LogP contribution in [0.25, 0.3) is 0 Å². The minimum absolute atomic E-state index is 0.0383. The smallest absolute Gasteiger partial charge is 0.272 e. The Bertz CT molecular complexity index is 564. The molecule has 4 heterocycles. The van der Waals surface area contributed by atoms with Gasteiger partial charge in [-0.15, -0.1) is 0 Å². The number of hydrogen-bond donors (Lipinski definition) is 0. The molecule has 0 radical (unpaired) electrons. The molecule has 2 fully saturated rings. The number of rotatable bonds is 3. The highest BCUT2D eigenvalue weighted by molar-refractivity contribution is 5.80. The van der Waals surface area contributed by atoms with Crippen LogP contribution in [0, 0.1) is 5.92 Å². The average Bonchev–Trinajstić information content (AvgIpc) is 3.10. The average molecular weight is 334 g/mol. The summed E-state index contributed by atoms with van der Waals surface area (Å²) < 4.78 is 7.35. The molecular weight excluding hydrogens is 308 g/mol. The summed E-state index contributed by atoms with van der Waals surface area (Å²) in [6.45, 7) is 5.65. The molecule has 7 heteroatoms. The molecule has 24 heavy (non-hydrogen) atoms. The highest BCUT2D eigenvalue weighted by Crippen LogP contribution is 2.26. The molecule has 132 valence electrons. The van der Waals surface area contributed by atoms with E-state index in [1.807, 2.05) is 10.7 Å². The van der Waals surface area contributed by atoms with Crippen molar-refractivity contribution in [1.82, 2.24) is 19.7 Å². The Morgan fingerprint density at radius 2 is 2.12 bits per heavy atom. The molecule has 3 aliphatic rings. The van der Waals surface area contributed by atoms with Gasteiger partial charge in [-0.25, -0.2) is 5.06 Å². The first-order chi connectivity index (χ1) is 11.8. The zero-order valence-corrected chi connectivity index (χ0v) is 14.1. The third-order valence-electron chi connectivity index (χ3n) is 5.26. The first-order valence-electron chi connectivity index (χ1n) is 9.08. The van der Waals surface area contributed by atoms with Crippen LogP contribution < -0.4 is 0 Å². The SMILES string of the molecule is O=C([C@H]1CN(CC2CCOCC2)Cc2ccnn21)N1CCCCO1. The second kappa shape index (κ2) is 7.21. The Morgan fingerprint density at radius 1 is 1.25 bits per heavy atom. The number of carbonyl (C=O) groups is 1. The maximum atomic E-state index is 12.9. The summed E-state index contributed by atoms with van der Waals surface area (Å²) in [5.41, 5.74) is 1.11. The van der Waals surface area contributed by atoms with Crippen molar-refractivity contribution in [3.8, 4) is 0 Å². The lowest BCUT2D eigenvalue weighted by molar-refractivity contribution is -0.201. The molecule has 2 saturated heterocycles. The van der Waals surface area contributed by atoms with Crippen molar-refractivity contribution in [3.05, 3.63) is 18.0 Å². The molecule has 0 saturated carbocycles. The van der Waals surface area contributed by atoms with E-state index in [4.69, 9.17) is 9.57 Å². The van der Waals surface area contributed by atoms with Gasteiger partial charge in [0, 0.05) is 45.6 Å². The van der Waals surface area contributed by atoms with Gasteiger partial charge in [0.05, 0.1) is 12.3 Å². The number of aromatic nitrogens is 2. The zero-order valence-electron chi connectivity index (χ0n) is 14.1. The van der Waals surface area contributed by atoms with Crippen molar-refractivity contribution in [3.63, 3.8) is 0 Å². The lowest BCUT2D eigenvalue weighted by Gasteiger charge is -2.38. The lowest BCUT2D eigenvalue weighted by Crippen LogP contribution is -2.48. The molecule has 7 nitrogen and oxygen atoms in total. The Kier molecular flexibility index (Phi) is 4.82. The normalized spacial score (nSPS) is 26.3. The molecule has 1 atom stereocenters. The predicted octanol–water partition coefficient (Wildman–Crippen LogP) is 1.22. The number of ether oxygens (including phenoxy) is 1. The highest BCUT2D eigenvalue weighted by Gasteiger charge is 2.35. The van der Waals surface area contributed by atoms with E-state index in [9.17, 15) is 4.79 Å². The van der Waals surface area contributed by atoms with E-state index in [-0.39, 0.29) is 11.9 Å². The number of hydroxylamine groups is 2. The van der Waals surface area contributed by atoms with E-state index in [1.165, 1.54) is 0 Å². The first-order valence-corrected chi connectivity index (χ1v) is 9.08. The van der Waals surface area contributed by atoms with Gasteiger partial charge in [-0.1, -0.05) is 0 Å². The molecule has 0 aromatic carbocycles. The summed E-state index contributed by atoms with van der Waals surface area (Å²) in [7, 11) is 0. The lowest BCUT2D eigenvalue weighted by atomic mass is 9.98. The fourth-order valence-corrected chi connectivity index (χ4v) is 3.92. The summed E-state index contributed by atoms with van der Waals surface area (Å²) in [6, 6.07) is 1.75. The van der Waals surface area contributed by atoms with Gasteiger partial charge in [0.1, 0.15) is 6.04 Å². The van der Waals surface area contributed by atoms with Gasteiger partial charge in [-0.05, 0) is 37.7 Å². The van der Waals surface area contributed by atoms with Gasteiger partial charge in [-0.2, -0.15) is 5.10 Å². The second-order valence-corrected chi connectivity index (χ2v) is 7.01. The summed E-state index contributed by atoms with van der Waals surface area (Å²) in [4.78, 5) is 20.9. The summed E-state index contributed by atoms with van der Waals surface area (Å²) in [5, 5.41) is 5.96. The van der Waals surface area contributed by atoms with E-state index in [0.29, 0.717) is 25.6 Å². The first kappa shape index (κ1) is 16.1. The van der Waals surface area contributed by atoms with Crippen molar-refractivity contribution in [1.29, 1.82) is 0 Å². The molecule has 0 unspecified atom stereocenters. The Hall–Kier alpha value is -1.44. The van der Waals surface area contributed by atoms with Crippen LogP contribution in [0.15, 0.2) is 12.3 Å². The Labute approximate surface area is 142 Å². The number of fused-ring (bicyclic) bond motifs is 1. The summed E-state index contributed by atoms with van der Waals surface area (Å²) in [6.07, 6.45) is 6.06. The van der Waals surface area contributed by atoms with E-state index in [2.05, 4.69) is 10.00 Å². The summed E-state index contributed by atoms with van der Waals surface area (Å²) in [5.74, 6) is 0.700. The molecule has 0 spiro atoms. The van der Waals surface area contributed by atoms with Crippen molar-refractivity contribution in [2.45, 2.75) is 38.3 Å². The maximum Gasteiger partial charge on any atom is 0.272 e. The molecule has 0 aliphatic carbocycles. The van der Waals surface area contributed by atoms with Crippen LogP contribution in [-0.4, -0.2) is 65.1 Å². The van der Waals surface area contributed by atoms with Gasteiger partial charge < -0.3 is 4.74 Å². The topological polar surface area (TPSA) is 59.8 Å². The number of carbonyl (C=O) groups excluding carboxylic acids is 1. The Balaban J connectivity index is 1.47. The monoisotopic (exact) mass is 334 g/mol. The van der Waals surface area contributed by atoms with E-state index in [1.54, 1.807) is 11.3 Å². The number of amides is 1. The van der Waals surface area contributed by atoms with E-state index >= 15 is 0 Å². The molecule has 4 rings (SSSR count). The zero-order chi connectivity index (χ0) is 16.4. The van der Waals surface area contributed by atoms with Gasteiger partial charge in [0.25, 0.3) is 5.91 Å². The third kappa shape index (κ3) is 3.34. The molecule has 3 aliphatic heterocycles. The van der Waals surface area contributed by atoms with Gasteiger partial charge >= 0.3 is 0 Å². The van der Waals surface area contributed by atoms with E-state index in [0.717, 1.165) is 57.7 Å². The number of hydrogen-bond acceptors (Lipinski definition) is 5. The van der Waals surface area contributed by atoms with Crippen LogP contribution >= 0.6 is 0 Å². The predicted molar refractivity (Wildman–Crippen MR) is 87.0 cm³/mol. The van der Waals surface area contributed by atoms with Gasteiger partial charge in [-0.3, -0.25) is 19.2 Å². The van der Waals surface area contributed by atoms with Crippen LogP contribution in [0.4, 0.5) is 0 Å². The van der Waals surface area contributed by atoms with Crippen LogP contribution in [0.3, 0.4) is 0 Å². The van der Waals surface area contributed by atoms with Crippen molar-refractivity contribution in [2.75, 3.05) is 39.5 Å². The van der Waals surface area contributed by atoms with Crippen molar-refractivity contribution in [2.24, 2.45) is 5.92 Å². The second-order valence-electron chi connectivity index (χ2n) is 7.01. The minimum Gasteiger partial charge on any atom is -0.381 e. The van der Waals surface area contributed by atoms with E-state index < -0.39 is 0 Å². The van der Waals surface area contributed by atoms with Crippen LogP contribution in [0.5, 0.6) is 0 Å². The highest BCUT2D eigenvalue weighted by atomic mass is 16.7. The van der Waals surface area contributed by atoms with Crippen LogP contribution in [0.2, 0.25) is 0 Å². The van der Waals surface area contributed by atoms with Gasteiger partial charge in [0.2, 0.25) is 0 Å². The number of nitrogens with zero attached hydrogens (tertiary/aromatic N) is 4. The largest absolute Gasteiger partial charge is 0.381 e. The van der Waals surface area contributed by atoms with Crippen molar-refractivity contribution >= 4 is 5.91 Å². The molecule has 0 bridgehead atoms. The van der Waals surface area contributed by atoms with Crippen LogP contribution in [0.1, 0.15) is 37.4 Å². The molecule has 1 aromatic rings. The fraction of sp³-hybridized carbons (Fsp3) is 0.765. The molecule has 0 N–H and O–H groups in total. The fourth-order valence-electron chi connectivity index (χ4n) is 3.92. The molecular formula is C17H26N4O3.